The number of nitrogens with zero attached hydrogens (tertiary/aromatic N) is 4. The summed E-state index contributed by atoms with van der Waals surface area (Å²) in [4.78, 5) is 14.8. The molecule has 4 nitrogen and oxygen atoms in total. The second kappa shape index (κ2) is 11.7. The van der Waals surface area contributed by atoms with Gasteiger partial charge in [-0.1, -0.05) is 109 Å². The van der Waals surface area contributed by atoms with Crippen LogP contribution in [-0.4, -0.2) is 15.0 Å². The zero-order chi connectivity index (χ0) is 32.1. The van der Waals surface area contributed by atoms with Gasteiger partial charge in [0.2, 0.25) is 0 Å². The van der Waals surface area contributed by atoms with Crippen molar-refractivity contribution < 1.29 is 0 Å². The third kappa shape index (κ3) is 5.20. The Morgan fingerprint density at radius 1 is 0.479 bits per heavy atom. The molecule has 4 aliphatic rings. The Bertz CT molecular complexity index is 2090. The van der Waals surface area contributed by atoms with E-state index < -0.39 is 0 Å². The highest BCUT2D eigenvalue weighted by molar-refractivity contribution is 5.86. The van der Waals surface area contributed by atoms with E-state index in [2.05, 4.69) is 66.7 Å². The number of aromatic nitrogens is 3. The van der Waals surface area contributed by atoms with Crippen molar-refractivity contribution >= 4 is 0 Å². The van der Waals surface area contributed by atoms with Crippen LogP contribution in [0.2, 0.25) is 0 Å². The van der Waals surface area contributed by atoms with Crippen LogP contribution in [-0.2, 0) is 5.41 Å². The lowest BCUT2D eigenvalue weighted by Gasteiger charge is -2.57. The fourth-order valence-corrected chi connectivity index (χ4v) is 9.35. The van der Waals surface area contributed by atoms with Crippen molar-refractivity contribution in [1.82, 2.24) is 15.0 Å². The van der Waals surface area contributed by atoms with Crippen LogP contribution in [0.1, 0.15) is 49.7 Å². The van der Waals surface area contributed by atoms with Gasteiger partial charge in [0.15, 0.2) is 17.5 Å². The molecule has 0 radical (unpaired) electrons. The van der Waals surface area contributed by atoms with Gasteiger partial charge in [0.05, 0.1) is 11.6 Å². The van der Waals surface area contributed by atoms with Gasteiger partial charge in [0, 0.05) is 16.7 Å². The summed E-state index contributed by atoms with van der Waals surface area (Å²) in [6.45, 7) is 0. The minimum atomic E-state index is 0.309. The predicted octanol–water partition coefficient (Wildman–Crippen LogP) is 10.5. The van der Waals surface area contributed by atoms with Gasteiger partial charge in [0.25, 0.3) is 0 Å². The summed E-state index contributed by atoms with van der Waals surface area (Å²) in [6, 6.07) is 46.4. The molecule has 6 aromatic rings. The summed E-state index contributed by atoms with van der Waals surface area (Å²) in [6.07, 6.45) is 8.30. The van der Waals surface area contributed by atoms with Crippen molar-refractivity contribution in [3.63, 3.8) is 0 Å². The topological polar surface area (TPSA) is 62.5 Å². The molecule has 48 heavy (non-hydrogen) atoms. The van der Waals surface area contributed by atoms with E-state index in [-0.39, 0.29) is 0 Å². The van der Waals surface area contributed by atoms with Crippen molar-refractivity contribution in [2.24, 2.45) is 17.8 Å². The average molecular weight is 621 g/mol. The number of benzene rings is 5. The zero-order valence-corrected chi connectivity index (χ0v) is 26.9. The highest BCUT2D eigenvalue weighted by Gasteiger charge is 2.51. The molecule has 0 atom stereocenters. The number of nitriles is 1. The van der Waals surface area contributed by atoms with Crippen LogP contribution < -0.4 is 0 Å². The first-order valence-electron chi connectivity index (χ1n) is 17.3. The molecule has 4 aliphatic carbocycles. The molecular weight excluding hydrogens is 585 g/mol. The molecule has 0 N–H and O–H groups in total. The Morgan fingerprint density at radius 3 is 1.56 bits per heavy atom. The van der Waals surface area contributed by atoms with E-state index in [4.69, 9.17) is 15.0 Å². The number of rotatable bonds is 6. The Morgan fingerprint density at radius 2 is 0.979 bits per heavy atom. The molecule has 1 aromatic heterocycles. The second-order valence-electron chi connectivity index (χ2n) is 14.3. The molecule has 4 bridgehead atoms. The molecule has 0 unspecified atom stereocenters. The lowest BCUT2D eigenvalue weighted by Crippen LogP contribution is -2.48. The quantitative estimate of drug-likeness (QED) is 0.186. The van der Waals surface area contributed by atoms with Crippen LogP contribution in [0, 0.1) is 29.1 Å². The monoisotopic (exact) mass is 620 g/mol. The van der Waals surface area contributed by atoms with Crippen molar-refractivity contribution in [3.8, 4) is 62.5 Å². The molecule has 4 fully saturated rings. The van der Waals surface area contributed by atoms with Crippen LogP contribution >= 0.6 is 0 Å². The fraction of sp³-hybridized carbons (Fsp3) is 0.227. The van der Waals surface area contributed by atoms with Gasteiger partial charge in [0.1, 0.15) is 0 Å². The highest BCUT2D eigenvalue weighted by atomic mass is 15.0. The van der Waals surface area contributed by atoms with Crippen LogP contribution in [0.25, 0.3) is 56.4 Å². The summed E-state index contributed by atoms with van der Waals surface area (Å²) in [5.74, 6) is 4.58. The van der Waals surface area contributed by atoms with Gasteiger partial charge in [-0.05, 0) is 108 Å². The number of hydrogen-bond donors (Lipinski definition) is 0. The third-order valence-corrected chi connectivity index (χ3v) is 11.1. The lowest BCUT2D eigenvalue weighted by molar-refractivity contribution is -0.00516. The average Bonchev–Trinajstić information content (AvgIpc) is 3.15. The standard InChI is InChI=1S/C44H36N4/c45-28-29-17-18-39(40(22-29)36-14-8-16-38(24-36)44-25-30-19-31(26-44)21-32(20-30)27-44)35-13-7-15-37(23-35)43-47-41(33-9-3-1-4-10-33)46-42(48-43)34-11-5-2-6-12-34/h1-18,22-24,30-32H,19-21,25-27H2/t30-,31-,32-,44?. The maximum absolute atomic E-state index is 9.94. The van der Waals surface area contributed by atoms with E-state index in [1.165, 1.54) is 49.7 Å². The Kier molecular flexibility index (Phi) is 7.01. The third-order valence-electron chi connectivity index (χ3n) is 11.1. The number of hydrogen-bond acceptors (Lipinski definition) is 4. The minimum absolute atomic E-state index is 0.309. The normalized spacial score (nSPS) is 22.4. The Hall–Kier alpha value is -5.40. The van der Waals surface area contributed by atoms with Crippen molar-refractivity contribution in [2.75, 3.05) is 0 Å². The molecular formula is C44H36N4. The Balaban J connectivity index is 1.14. The van der Waals surface area contributed by atoms with E-state index in [9.17, 15) is 5.26 Å². The van der Waals surface area contributed by atoms with Crippen LogP contribution in [0.15, 0.2) is 127 Å². The van der Waals surface area contributed by atoms with Crippen LogP contribution in [0.4, 0.5) is 0 Å². The Labute approximate surface area is 282 Å². The van der Waals surface area contributed by atoms with Crippen molar-refractivity contribution in [1.29, 1.82) is 5.26 Å². The van der Waals surface area contributed by atoms with Crippen LogP contribution in [0.5, 0.6) is 0 Å². The fourth-order valence-electron chi connectivity index (χ4n) is 9.35. The molecule has 0 aliphatic heterocycles. The summed E-state index contributed by atoms with van der Waals surface area (Å²) in [7, 11) is 0. The molecule has 1 heterocycles. The molecule has 232 valence electrons. The highest BCUT2D eigenvalue weighted by Crippen LogP contribution is 2.61. The van der Waals surface area contributed by atoms with Crippen molar-refractivity contribution in [2.45, 2.75) is 43.9 Å². The molecule has 10 rings (SSSR count). The minimum Gasteiger partial charge on any atom is -0.208 e. The summed E-state index contributed by atoms with van der Waals surface area (Å²) < 4.78 is 0. The lowest BCUT2D eigenvalue weighted by atomic mass is 9.48. The smallest absolute Gasteiger partial charge is 0.164 e. The summed E-state index contributed by atoms with van der Waals surface area (Å²) in [5.41, 5.74) is 9.71. The molecule has 4 saturated carbocycles. The SMILES string of the molecule is N#Cc1ccc(-c2cccc(-c3nc(-c4ccccc4)nc(-c4ccccc4)n3)c2)c(-c2cccc(C34C[C@H]5C[C@H](C3)C[C@@H](C4)C5)c2)c1. The maximum Gasteiger partial charge on any atom is 0.164 e. The van der Waals surface area contributed by atoms with E-state index in [1.54, 1.807) is 0 Å². The van der Waals surface area contributed by atoms with Gasteiger partial charge in [-0.3, -0.25) is 0 Å². The molecule has 0 amide bonds. The second-order valence-corrected chi connectivity index (χ2v) is 14.3. The van der Waals surface area contributed by atoms with Gasteiger partial charge in [-0.2, -0.15) is 5.26 Å². The first-order chi connectivity index (χ1) is 23.6. The van der Waals surface area contributed by atoms with E-state index in [0.717, 1.165) is 51.1 Å². The van der Waals surface area contributed by atoms with Gasteiger partial charge < -0.3 is 0 Å². The van der Waals surface area contributed by atoms with E-state index in [0.29, 0.717) is 28.5 Å². The molecule has 0 saturated heterocycles. The largest absolute Gasteiger partial charge is 0.208 e. The zero-order valence-electron chi connectivity index (χ0n) is 26.9. The molecule has 4 heteroatoms. The van der Waals surface area contributed by atoms with Crippen LogP contribution in [0.3, 0.4) is 0 Å². The molecule has 5 aromatic carbocycles. The van der Waals surface area contributed by atoms with Gasteiger partial charge >= 0.3 is 0 Å². The predicted molar refractivity (Wildman–Crippen MR) is 192 cm³/mol. The van der Waals surface area contributed by atoms with Crippen molar-refractivity contribution in [3.05, 3.63) is 139 Å². The first kappa shape index (κ1) is 28.8. The van der Waals surface area contributed by atoms with E-state index in [1.807, 2.05) is 66.7 Å². The van der Waals surface area contributed by atoms with E-state index >= 15 is 0 Å². The summed E-state index contributed by atoms with van der Waals surface area (Å²) in [5, 5.41) is 9.94. The molecule has 0 spiro atoms. The van der Waals surface area contributed by atoms with Gasteiger partial charge in [-0.25, -0.2) is 15.0 Å². The van der Waals surface area contributed by atoms with Gasteiger partial charge in [-0.15, -0.1) is 0 Å². The maximum atomic E-state index is 9.94. The summed E-state index contributed by atoms with van der Waals surface area (Å²) >= 11 is 0. The first-order valence-corrected chi connectivity index (χ1v) is 17.3.